The molecule has 1 rings (SSSR count). The second kappa shape index (κ2) is 7.96. The number of ether oxygens (including phenoxy) is 1. The predicted octanol–water partition coefficient (Wildman–Crippen LogP) is 5.30. The van der Waals surface area contributed by atoms with Crippen molar-refractivity contribution in [2.45, 2.75) is 103 Å². The molecular formula is C18H36O3Si. The van der Waals surface area contributed by atoms with Crippen molar-refractivity contribution in [3.8, 4) is 0 Å². The van der Waals surface area contributed by atoms with Gasteiger partial charge >= 0.3 is 5.97 Å². The Hall–Kier alpha value is -0.353. The first-order valence-electron chi connectivity index (χ1n) is 9.06. The van der Waals surface area contributed by atoms with E-state index >= 15 is 0 Å². The Morgan fingerprint density at radius 2 is 1.59 bits per heavy atom. The van der Waals surface area contributed by atoms with E-state index in [1.54, 1.807) is 0 Å². The molecule has 0 radical (unpaired) electrons. The first-order valence-corrected chi connectivity index (χ1v) is 11.2. The molecule has 0 aromatic carbocycles. The van der Waals surface area contributed by atoms with Gasteiger partial charge in [-0.25, -0.2) is 0 Å². The van der Waals surface area contributed by atoms with Crippen molar-refractivity contribution >= 4 is 14.3 Å². The Bertz CT molecular complexity index is 344. The zero-order chi connectivity index (χ0) is 17.1. The van der Waals surface area contributed by atoms with Crippen molar-refractivity contribution < 1.29 is 14.0 Å². The lowest BCUT2D eigenvalue weighted by atomic mass is 9.96. The molecule has 130 valence electrons. The second-order valence-electron chi connectivity index (χ2n) is 7.79. The number of hydrogen-bond donors (Lipinski definition) is 0. The molecule has 1 saturated heterocycles. The van der Waals surface area contributed by atoms with Gasteiger partial charge in [0.1, 0.15) is 6.10 Å². The highest BCUT2D eigenvalue weighted by atomic mass is 28.4. The number of rotatable bonds is 8. The van der Waals surface area contributed by atoms with Crippen LogP contribution >= 0.6 is 0 Å². The highest BCUT2D eigenvalue weighted by Crippen LogP contribution is 2.45. The van der Waals surface area contributed by atoms with Crippen molar-refractivity contribution in [3.63, 3.8) is 0 Å². The SMILES string of the molecule is CCCC[C@H]1C(=O)O[C@H](C)[C@@H]1O[Si](C(C)C)(C(C)C)C(C)C. The van der Waals surface area contributed by atoms with Gasteiger partial charge in [0.2, 0.25) is 8.32 Å². The molecule has 4 heteroatoms. The summed E-state index contributed by atoms with van der Waals surface area (Å²) in [6.45, 7) is 17.9. The van der Waals surface area contributed by atoms with Crippen LogP contribution in [0.1, 0.15) is 74.7 Å². The normalized spacial score (nSPS) is 26.3. The van der Waals surface area contributed by atoms with Crippen LogP contribution in [0.5, 0.6) is 0 Å². The summed E-state index contributed by atoms with van der Waals surface area (Å²) < 4.78 is 12.4. The Morgan fingerprint density at radius 3 is 2.00 bits per heavy atom. The highest BCUT2D eigenvalue weighted by Gasteiger charge is 2.52. The summed E-state index contributed by atoms with van der Waals surface area (Å²) in [6, 6.07) is 0. The van der Waals surface area contributed by atoms with Gasteiger partial charge in [-0.05, 0) is 30.0 Å². The minimum Gasteiger partial charge on any atom is -0.460 e. The Balaban J connectivity index is 3.06. The number of hydrogen-bond acceptors (Lipinski definition) is 3. The number of unbranched alkanes of at least 4 members (excludes halogenated alkanes) is 1. The highest BCUT2D eigenvalue weighted by molar-refractivity contribution is 6.77. The fourth-order valence-electron chi connectivity index (χ4n) is 4.33. The van der Waals surface area contributed by atoms with Gasteiger partial charge in [0.25, 0.3) is 0 Å². The topological polar surface area (TPSA) is 35.5 Å². The van der Waals surface area contributed by atoms with Crippen molar-refractivity contribution in [2.75, 3.05) is 0 Å². The molecule has 22 heavy (non-hydrogen) atoms. The van der Waals surface area contributed by atoms with Crippen LogP contribution < -0.4 is 0 Å². The average Bonchev–Trinajstić information content (AvgIpc) is 2.66. The standard InChI is InChI=1S/C18H36O3Si/c1-9-10-11-16-17(15(8)20-18(16)19)21-22(12(2)3,13(4)5)14(6)7/h12-17H,9-11H2,1-8H3/t15-,16-,17+/m1/s1. The average molecular weight is 329 g/mol. The second-order valence-corrected chi connectivity index (χ2v) is 13.2. The molecule has 0 unspecified atom stereocenters. The van der Waals surface area contributed by atoms with Crippen LogP contribution in [0.3, 0.4) is 0 Å². The Kier molecular flexibility index (Phi) is 7.12. The fraction of sp³-hybridized carbons (Fsp3) is 0.944. The van der Waals surface area contributed by atoms with Crippen molar-refractivity contribution in [1.82, 2.24) is 0 Å². The van der Waals surface area contributed by atoms with E-state index in [2.05, 4.69) is 48.5 Å². The molecular weight excluding hydrogens is 292 g/mol. The predicted molar refractivity (Wildman–Crippen MR) is 94.5 cm³/mol. The van der Waals surface area contributed by atoms with E-state index in [1.165, 1.54) is 0 Å². The molecule has 3 nitrogen and oxygen atoms in total. The molecule has 0 amide bonds. The van der Waals surface area contributed by atoms with Crippen LogP contribution in [-0.2, 0) is 14.0 Å². The quantitative estimate of drug-likeness (QED) is 0.448. The van der Waals surface area contributed by atoms with Crippen molar-refractivity contribution in [3.05, 3.63) is 0 Å². The van der Waals surface area contributed by atoms with Crippen molar-refractivity contribution in [1.29, 1.82) is 0 Å². The zero-order valence-corrected chi connectivity index (χ0v) is 16.8. The van der Waals surface area contributed by atoms with Gasteiger partial charge in [-0.15, -0.1) is 0 Å². The Labute approximate surface area is 138 Å². The molecule has 0 aromatic rings. The minimum absolute atomic E-state index is 0.0508. The van der Waals surface area contributed by atoms with E-state index in [0.29, 0.717) is 16.6 Å². The molecule has 0 saturated carbocycles. The molecule has 0 aliphatic carbocycles. The number of cyclic esters (lactones) is 1. The summed E-state index contributed by atoms with van der Waals surface area (Å²) in [7, 11) is -1.98. The van der Waals surface area contributed by atoms with Gasteiger partial charge in [0.15, 0.2) is 0 Å². The van der Waals surface area contributed by atoms with E-state index in [-0.39, 0.29) is 24.1 Å². The van der Waals surface area contributed by atoms with E-state index in [4.69, 9.17) is 9.16 Å². The minimum atomic E-state index is -1.98. The summed E-state index contributed by atoms with van der Waals surface area (Å²) >= 11 is 0. The molecule has 3 atom stereocenters. The third kappa shape index (κ3) is 3.76. The van der Waals surface area contributed by atoms with Gasteiger partial charge in [0, 0.05) is 0 Å². The summed E-state index contributed by atoms with van der Waals surface area (Å²) in [6.07, 6.45) is 2.89. The van der Waals surface area contributed by atoms with Gasteiger partial charge in [0.05, 0.1) is 12.0 Å². The van der Waals surface area contributed by atoms with E-state index < -0.39 is 8.32 Å². The summed E-state index contributed by atoms with van der Waals surface area (Å²) in [5.41, 5.74) is 1.59. The van der Waals surface area contributed by atoms with Gasteiger partial charge in [-0.3, -0.25) is 4.79 Å². The smallest absolute Gasteiger partial charge is 0.312 e. The summed E-state index contributed by atoms with van der Waals surface area (Å²) in [4.78, 5) is 12.2. The van der Waals surface area contributed by atoms with Gasteiger partial charge in [-0.2, -0.15) is 0 Å². The molecule has 0 spiro atoms. The monoisotopic (exact) mass is 328 g/mol. The summed E-state index contributed by atoms with van der Waals surface area (Å²) in [5, 5.41) is 0. The Morgan fingerprint density at radius 1 is 1.09 bits per heavy atom. The van der Waals surface area contributed by atoms with Crippen LogP contribution in [0.2, 0.25) is 16.6 Å². The largest absolute Gasteiger partial charge is 0.460 e. The molecule has 1 fully saturated rings. The third-order valence-electron chi connectivity index (χ3n) is 5.38. The molecule has 1 heterocycles. The van der Waals surface area contributed by atoms with E-state index in [1.807, 2.05) is 6.92 Å². The lowest BCUT2D eigenvalue weighted by Crippen LogP contribution is -2.52. The number of carbonyl (C=O) groups excluding carboxylic acids is 1. The van der Waals surface area contributed by atoms with Crippen LogP contribution in [0.4, 0.5) is 0 Å². The third-order valence-corrected chi connectivity index (χ3v) is 11.5. The maximum Gasteiger partial charge on any atom is 0.312 e. The molecule has 0 aromatic heterocycles. The molecule has 1 aliphatic heterocycles. The van der Waals surface area contributed by atoms with E-state index in [9.17, 15) is 4.79 Å². The summed E-state index contributed by atoms with van der Waals surface area (Å²) in [5.74, 6) is -0.122. The van der Waals surface area contributed by atoms with Crippen molar-refractivity contribution in [2.24, 2.45) is 5.92 Å². The lowest BCUT2D eigenvalue weighted by Gasteiger charge is -2.45. The zero-order valence-electron chi connectivity index (χ0n) is 15.8. The van der Waals surface area contributed by atoms with Crippen LogP contribution in [0.15, 0.2) is 0 Å². The van der Waals surface area contributed by atoms with E-state index in [0.717, 1.165) is 19.3 Å². The maximum atomic E-state index is 12.2. The number of esters is 1. The molecule has 0 bridgehead atoms. The van der Waals surface area contributed by atoms with Gasteiger partial charge < -0.3 is 9.16 Å². The first kappa shape index (κ1) is 19.7. The van der Waals surface area contributed by atoms with Crippen LogP contribution in [0, 0.1) is 5.92 Å². The molecule has 1 aliphatic rings. The molecule has 0 N–H and O–H groups in total. The maximum absolute atomic E-state index is 12.2. The lowest BCUT2D eigenvalue weighted by molar-refractivity contribution is -0.143. The first-order chi connectivity index (χ1) is 10.2. The fourth-order valence-corrected chi connectivity index (χ4v) is 9.97. The van der Waals surface area contributed by atoms with Gasteiger partial charge in [-0.1, -0.05) is 61.3 Å². The van der Waals surface area contributed by atoms with Crippen LogP contribution in [0.25, 0.3) is 0 Å². The number of carbonyl (C=O) groups is 1. The van der Waals surface area contributed by atoms with Crippen LogP contribution in [-0.4, -0.2) is 26.5 Å².